The highest BCUT2D eigenvalue weighted by Gasteiger charge is 2.34. The fraction of sp³-hybridized carbons (Fsp3) is 0.611. The van der Waals surface area contributed by atoms with Crippen molar-refractivity contribution in [3.8, 4) is 0 Å². The number of halogens is 1. The Kier molecular flexibility index (Phi) is 5.97. The Bertz CT molecular complexity index is 766. The number of hydrogen-bond donors (Lipinski definition) is 0. The predicted molar refractivity (Wildman–Crippen MR) is 96.9 cm³/mol. The van der Waals surface area contributed by atoms with Crippen LogP contribution < -0.4 is 0 Å². The summed E-state index contributed by atoms with van der Waals surface area (Å²) in [6.45, 7) is 7.87. The van der Waals surface area contributed by atoms with Crippen LogP contribution in [-0.2, 0) is 14.8 Å². The molecule has 26 heavy (non-hydrogen) atoms. The number of benzene rings is 1. The second-order valence-corrected chi connectivity index (χ2v) is 9.60. The molecular formula is C18H27FN2O4S. The minimum Gasteiger partial charge on any atom is -0.444 e. The fourth-order valence-electron chi connectivity index (χ4n) is 2.99. The zero-order chi connectivity index (χ0) is 19.7. The lowest BCUT2D eigenvalue weighted by molar-refractivity contribution is 0.0183. The van der Waals surface area contributed by atoms with E-state index in [9.17, 15) is 17.6 Å². The van der Waals surface area contributed by atoms with Crippen molar-refractivity contribution in [2.45, 2.75) is 57.1 Å². The quantitative estimate of drug-likeness (QED) is 0.800. The molecule has 1 aromatic carbocycles. The van der Waals surface area contributed by atoms with E-state index in [1.165, 1.54) is 23.5 Å². The average molecular weight is 386 g/mol. The third-order valence-electron chi connectivity index (χ3n) is 4.42. The highest BCUT2D eigenvalue weighted by molar-refractivity contribution is 7.89. The first kappa shape index (κ1) is 20.6. The minimum atomic E-state index is -3.72. The molecule has 0 saturated carbocycles. The number of likely N-dealkylation sites (tertiary alicyclic amines) is 1. The Morgan fingerprint density at radius 3 is 2.35 bits per heavy atom. The molecule has 1 amide bonds. The molecule has 2 rings (SSSR count). The summed E-state index contributed by atoms with van der Waals surface area (Å²) in [4.78, 5) is 13.8. The second kappa shape index (κ2) is 7.52. The molecule has 0 aliphatic carbocycles. The summed E-state index contributed by atoms with van der Waals surface area (Å²) in [6.07, 6.45) is 0.667. The van der Waals surface area contributed by atoms with Gasteiger partial charge in [-0.05, 0) is 64.3 Å². The normalized spacial score (nSPS) is 16.8. The molecule has 0 N–H and O–H groups in total. The van der Waals surface area contributed by atoms with E-state index in [-0.39, 0.29) is 17.0 Å². The smallest absolute Gasteiger partial charge is 0.410 e. The number of ether oxygens (including phenoxy) is 1. The summed E-state index contributed by atoms with van der Waals surface area (Å²) < 4.78 is 45.7. The molecule has 0 spiro atoms. The van der Waals surface area contributed by atoms with Crippen molar-refractivity contribution in [1.29, 1.82) is 0 Å². The molecule has 8 heteroatoms. The molecule has 1 fully saturated rings. The Morgan fingerprint density at radius 1 is 1.27 bits per heavy atom. The van der Waals surface area contributed by atoms with Crippen molar-refractivity contribution >= 4 is 16.1 Å². The first-order valence-electron chi connectivity index (χ1n) is 8.64. The SMILES string of the molecule is Cc1cc(F)ccc1S(=O)(=O)N(C)C1CCN(C(=O)OC(C)(C)C)CC1. The molecular weight excluding hydrogens is 359 g/mol. The first-order chi connectivity index (χ1) is 11.9. The standard InChI is InChI=1S/C18H27FN2O4S/c1-13-12-14(19)6-7-16(13)26(23,24)20(5)15-8-10-21(11-9-15)17(22)25-18(2,3)4/h6-7,12,15H,8-11H2,1-5H3. The van der Waals surface area contributed by atoms with Gasteiger partial charge in [0.1, 0.15) is 11.4 Å². The van der Waals surface area contributed by atoms with Crippen molar-refractivity contribution in [3.63, 3.8) is 0 Å². The van der Waals surface area contributed by atoms with Gasteiger partial charge < -0.3 is 9.64 Å². The lowest BCUT2D eigenvalue weighted by Crippen LogP contribution is -2.48. The van der Waals surface area contributed by atoms with Crippen LogP contribution in [0.25, 0.3) is 0 Å². The number of nitrogens with zero attached hydrogens (tertiary/aromatic N) is 2. The van der Waals surface area contributed by atoms with E-state index in [1.807, 2.05) is 20.8 Å². The summed E-state index contributed by atoms with van der Waals surface area (Å²) >= 11 is 0. The Morgan fingerprint density at radius 2 is 1.85 bits per heavy atom. The second-order valence-electron chi connectivity index (χ2n) is 7.63. The average Bonchev–Trinajstić information content (AvgIpc) is 2.52. The van der Waals surface area contributed by atoms with Crippen LogP contribution in [0.3, 0.4) is 0 Å². The van der Waals surface area contributed by atoms with Crippen LogP contribution in [0.15, 0.2) is 23.1 Å². The fourth-order valence-corrected chi connectivity index (χ4v) is 4.61. The van der Waals surface area contributed by atoms with Crippen LogP contribution in [0.4, 0.5) is 9.18 Å². The van der Waals surface area contributed by atoms with Gasteiger partial charge in [-0.1, -0.05) is 0 Å². The summed E-state index contributed by atoms with van der Waals surface area (Å²) in [6, 6.07) is 3.44. The van der Waals surface area contributed by atoms with E-state index in [0.717, 1.165) is 6.07 Å². The number of carbonyl (C=O) groups excluding carboxylic acids is 1. The van der Waals surface area contributed by atoms with Gasteiger partial charge in [0.2, 0.25) is 10.0 Å². The Balaban J connectivity index is 2.05. The number of hydrogen-bond acceptors (Lipinski definition) is 4. The molecule has 1 saturated heterocycles. The van der Waals surface area contributed by atoms with E-state index < -0.39 is 21.4 Å². The van der Waals surface area contributed by atoms with Gasteiger partial charge in [-0.25, -0.2) is 17.6 Å². The van der Waals surface area contributed by atoms with E-state index in [0.29, 0.717) is 31.5 Å². The molecule has 0 atom stereocenters. The third kappa shape index (κ3) is 4.73. The number of carbonyl (C=O) groups is 1. The van der Waals surface area contributed by atoms with Crippen molar-refractivity contribution in [1.82, 2.24) is 9.21 Å². The molecule has 0 unspecified atom stereocenters. The molecule has 1 aromatic rings. The van der Waals surface area contributed by atoms with Crippen LogP contribution in [-0.4, -0.2) is 55.5 Å². The van der Waals surface area contributed by atoms with Crippen molar-refractivity contribution in [3.05, 3.63) is 29.6 Å². The van der Waals surface area contributed by atoms with Crippen molar-refractivity contribution in [2.24, 2.45) is 0 Å². The van der Waals surface area contributed by atoms with E-state index in [1.54, 1.807) is 11.8 Å². The van der Waals surface area contributed by atoms with Crippen LogP contribution in [0.5, 0.6) is 0 Å². The number of piperidine rings is 1. The zero-order valence-electron chi connectivity index (χ0n) is 16.0. The number of sulfonamides is 1. The summed E-state index contributed by atoms with van der Waals surface area (Å²) in [5, 5.41) is 0. The Hall–Kier alpha value is -1.67. The summed E-state index contributed by atoms with van der Waals surface area (Å²) in [5.74, 6) is -0.463. The summed E-state index contributed by atoms with van der Waals surface area (Å²) in [5.41, 5.74) is -0.184. The van der Waals surface area contributed by atoms with Crippen LogP contribution in [0, 0.1) is 12.7 Å². The van der Waals surface area contributed by atoms with Gasteiger partial charge >= 0.3 is 6.09 Å². The lowest BCUT2D eigenvalue weighted by Gasteiger charge is -2.36. The molecule has 6 nitrogen and oxygen atoms in total. The molecule has 0 bridgehead atoms. The lowest BCUT2D eigenvalue weighted by atomic mass is 10.1. The van der Waals surface area contributed by atoms with E-state index in [2.05, 4.69) is 0 Å². The first-order valence-corrected chi connectivity index (χ1v) is 10.1. The topological polar surface area (TPSA) is 66.9 Å². The number of amides is 1. The van der Waals surface area contributed by atoms with E-state index in [4.69, 9.17) is 4.74 Å². The minimum absolute atomic E-state index is 0.107. The highest BCUT2D eigenvalue weighted by atomic mass is 32.2. The van der Waals surface area contributed by atoms with Gasteiger partial charge in [-0.15, -0.1) is 0 Å². The maximum absolute atomic E-state index is 13.3. The molecule has 1 heterocycles. The van der Waals surface area contributed by atoms with Gasteiger partial charge in [0.25, 0.3) is 0 Å². The van der Waals surface area contributed by atoms with E-state index >= 15 is 0 Å². The van der Waals surface area contributed by atoms with Crippen molar-refractivity contribution < 1.29 is 22.3 Å². The van der Waals surface area contributed by atoms with Crippen LogP contribution >= 0.6 is 0 Å². The monoisotopic (exact) mass is 386 g/mol. The highest BCUT2D eigenvalue weighted by Crippen LogP contribution is 2.26. The van der Waals surface area contributed by atoms with Crippen LogP contribution in [0.2, 0.25) is 0 Å². The maximum Gasteiger partial charge on any atom is 0.410 e. The Labute approximate surface area is 155 Å². The molecule has 146 valence electrons. The zero-order valence-corrected chi connectivity index (χ0v) is 16.8. The van der Waals surface area contributed by atoms with Gasteiger partial charge in [-0.2, -0.15) is 4.31 Å². The van der Waals surface area contributed by atoms with Crippen LogP contribution in [0.1, 0.15) is 39.2 Å². The third-order valence-corrected chi connectivity index (χ3v) is 6.49. The molecule has 1 aliphatic heterocycles. The number of aryl methyl sites for hydroxylation is 1. The largest absolute Gasteiger partial charge is 0.444 e. The number of rotatable bonds is 3. The molecule has 0 radical (unpaired) electrons. The van der Waals surface area contributed by atoms with Crippen molar-refractivity contribution in [2.75, 3.05) is 20.1 Å². The summed E-state index contributed by atoms with van der Waals surface area (Å²) in [7, 11) is -2.19. The molecule has 0 aromatic heterocycles. The van der Waals surface area contributed by atoms with Gasteiger partial charge in [0.05, 0.1) is 4.90 Å². The molecule has 1 aliphatic rings. The predicted octanol–water partition coefficient (Wildman–Crippen LogP) is 3.15. The van der Waals surface area contributed by atoms with Gasteiger partial charge in [0.15, 0.2) is 0 Å². The maximum atomic E-state index is 13.3. The van der Waals surface area contributed by atoms with Gasteiger partial charge in [0, 0.05) is 26.2 Å². The van der Waals surface area contributed by atoms with Gasteiger partial charge in [-0.3, -0.25) is 0 Å².